The molecule has 4 heteroatoms. The Labute approximate surface area is 119 Å². The fraction of sp³-hybridized carbons (Fsp3) is 0.400. The van der Waals surface area contributed by atoms with E-state index in [1.165, 1.54) is 6.42 Å². The number of hydrogen-bond donors (Lipinski definition) is 1. The van der Waals surface area contributed by atoms with Crippen molar-refractivity contribution in [2.45, 2.75) is 19.8 Å². The van der Waals surface area contributed by atoms with Gasteiger partial charge in [0.15, 0.2) is 0 Å². The second kappa shape index (κ2) is 6.62. The molecule has 1 aromatic carbocycles. The summed E-state index contributed by atoms with van der Waals surface area (Å²) < 4.78 is 0. The van der Waals surface area contributed by atoms with Crippen LogP contribution in [0, 0.1) is 5.92 Å². The maximum atomic E-state index is 11.9. The minimum atomic E-state index is -0.0233. The van der Waals surface area contributed by atoms with E-state index in [0.717, 1.165) is 25.1 Å². The number of likely N-dealkylation sites (tertiary alicyclic amines) is 1. The van der Waals surface area contributed by atoms with Crippen molar-refractivity contribution in [3.8, 4) is 0 Å². The van der Waals surface area contributed by atoms with Crippen molar-refractivity contribution in [1.29, 1.82) is 0 Å². The van der Waals surface area contributed by atoms with Crippen LogP contribution in [0.5, 0.6) is 0 Å². The number of halogens is 1. The van der Waals surface area contributed by atoms with E-state index in [9.17, 15) is 4.79 Å². The third-order valence-electron chi connectivity index (χ3n) is 3.28. The lowest BCUT2D eigenvalue weighted by Gasteiger charge is -2.30. The summed E-state index contributed by atoms with van der Waals surface area (Å²) in [5, 5.41) is 3.50. The van der Waals surface area contributed by atoms with E-state index in [2.05, 4.69) is 12.2 Å². The lowest BCUT2D eigenvalue weighted by atomic mass is 10.0. The first-order valence-corrected chi connectivity index (χ1v) is 7.00. The van der Waals surface area contributed by atoms with Gasteiger partial charge in [0.05, 0.1) is 0 Å². The van der Waals surface area contributed by atoms with Crippen LogP contribution in [-0.2, 0) is 0 Å². The summed E-state index contributed by atoms with van der Waals surface area (Å²) in [5.74, 6) is 0.594. The Morgan fingerprint density at radius 2 is 2.37 bits per heavy atom. The minimum Gasteiger partial charge on any atom is -0.324 e. The summed E-state index contributed by atoms with van der Waals surface area (Å²) in [6, 6.07) is 7.48. The van der Waals surface area contributed by atoms with Gasteiger partial charge in [-0.3, -0.25) is 0 Å². The molecule has 0 radical (unpaired) electrons. The summed E-state index contributed by atoms with van der Waals surface area (Å²) in [4.78, 5) is 13.8. The fourth-order valence-electron chi connectivity index (χ4n) is 2.28. The number of carbonyl (C=O) groups excluding carboxylic acids is 1. The number of urea groups is 1. The van der Waals surface area contributed by atoms with E-state index in [1.807, 2.05) is 35.2 Å². The first-order chi connectivity index (χ1) is 9.15. The number of carbonyl (C=O) groups is 1. The molecule has 1 N–H and O–H groups in total. The van der Waals surface area contributed by atoms with Crippen molar-refractivity contribution in [1.82, 2.24) is 10.2 Å². The number of benzene rings is 1. The molecule has 1 aromatic rings. The third-order valence-corrected chi connectivity index (χ3v) is 3.51. The molecule has 2 amide bonds. The van der Waals surface area contributed by atoms with E-state index < -0.39 is 0 Å². The van der Waals surface area contributed by atoms with Crippen LogP contribution in [0.3, 0.4) is 0 Å². The molecule has 3 nitrogen and oxygen atoms in total. The molecule has 102 valence electrons. The zero-order valence-electron chi connectivity index (χ0n) is 11.1. The van der Waals surface area contributed by atoms with Gasteiger partial charge in [0, 0.05) is 24.3 Å². The van der Waals surface area contributed by atoms with Crippen LogP contribution in [0.2, 0.25) is 5.02 Å². The number of nitrogens with one attached hydrogen (secondary N) is 1. The molecule has 1 fully saturated rings. The second-order valence-corrected chi connectivity index (χ2v) is 5.47. The lowest BCUT2D eigenvalue weighted by Crippen LogP contribution is -2.43. The molecular formula is C15H19ClN2O. The monoisotopic (exact) mass is 278 g/mol. The van der Waals surface area contributed by atoms with Crippen LogP contribution in [0.4, 0.5) is 4.79 Å². The molecule has 1 atom stereocenters. The van der Waals surface area contributed by atoms with Crippen molar-refractivity contribution in [3.63, 3.8) is 0 Å². The van der Waals surface area contributed by atoms with E-state index in [4.69, 9.17) is 11.6 Å². The first kappa shape index (κ1) is 13.9. The summed E-state index contributed by atoms with van der Waals surface area (Å²) in [5.41, 5.74) is 0.972. The Kier molecular flexibility index (Phi) is 4.86. The molecule has 2 rings (SSSR count). The standard InChI is InChI=1S/C15H19ClN2O/c1-12-4-3-9-18(11-12)15(19)17-8-7-13-5-2-6-14(16)10-13/h2,5-8,10,12H,3-4,9,11H2,1H3,(H,17,19)/b8-7+. The van der Waals surface area contributed by atoms with Crippen molar-refractivity contribution < 1.29 is 4.79 Å². The Hall–Kier alpha value is -1.48. The van der Waals surface area contributed by atoms with Crippen LogP contribution in [0.15, 0.2) is 30.5 Å². The summed E-state index contributed by atoms with van der Waals surface area (Å²) in [6.07, 6.45) is 5.82. The highest BCUT2D eigenvalue weighted by Crippen LogP contribution is 2.15. The number of piperidine rings is 1. The molecule has 1 heterocycles. The van der Waals surface area contributed by atoms with E-state index in [0.29, 0.717) is 10.9 Å². The van der Waals surface area contributed by atoms with Crippen LogP contribution in [-0.4, -0.2) is 24.0 Å². The van der Waals surface area contributed by atoms with Gasteiger partial charge in [-0.05, 0) is 42.5 Å². The molecule has 1 aliphatic rings. The lowest BCUT2D eigenvalue weighted by molar-refractivity contribution is 0.173. The van der Waals surface area contributed by atoms with Gasteiger partial charge >= 0.3 is 6.03 Å². The minimum absolute atomic E-state index is 0.0233. The summed E-state index contributed by atoms with van der Waals surface area (Å²) >= 11 is 5.89. The molecule has 0 saturated carbocycles. The molecule has 0 aliphatic carbocycles. The average Bonchev–Trinajstić information content (AvgIpc) is 2.38. The number of nitrogens with zero attached hydrogens (tertiary/aromatic N) is 1. The van der Waals surface area contributed by atoms with Gasteiger partial charge < -0.3 is 10.2 Å². The highest BCUT2D eigenvalue weighted by atomic mass is 35.5. The van der Waals surface area contributed by atoms with Gasteiger partial charge in [0.25, 0.3) is 0 Å². The fourth-order valence-corrected chi connectivity index (χ4v) is 2.48. The largest absolute Gasteiger partial charge is 0.324 e. The Morgan fingerprint density at radius 3 is 3.11 bits per heavy atom. The van der Waals surface area contributed by atoms with Gasteiger partial charge in [0.1, 0.15) is 0 Å². The van der Waals surface area contributed by atoms with Crippen LogP contribution >= 0.6 is 11.6 Å². The summed E-state index contributed by atoms with van der Waals surface area (Å²) in [7, 11) is 0. The van der Waals surface area contributed by atoms with Crippen molar-refractivity contribution in [3.05, 3.63) is 41.1 Å². The predicted octanol–water partition coefficient (Wildman–Crippen LogP) is 3.75. The normalized spacial score (nSPS) is 19.7. The van der Waals surface area contributed by atoms with Crippen molar-refractivity contribution in [2.24, 2.45) is 5.92 Å². The zero-order valence-corrected chi connectivity index (χ0v) is 11.9. The molecule has 0 spiro atoms. The topological polar surface area (TPSA) is 32.3 Å². The molecule has 0 bridgehead atoms. The highest BCUT2D eigenvalue weighted by molar-refractivity contribution is 6.30. The Bertz CT molecular complexity index is 473. The number of amides is 2. The summed E-state index contributed by atoms with van der Waals surface area (Å²) in [6.45, 7) is 3.87. The van der Waals surface area contributed by atoms with Crippen LogP contribution in [0.25, 0.3) is 6.08 Å². The predicted molar refractivity (Wildman–Crippen MR) is 79.0 cm³/mol. The van der Waals surface area contributed by atoms with Crippen LogP contribution < -0.4 is 5.32 Å². The van der Waals surface area contributed by atoms with Gasteiger partial charge in [-0.2, -0.15) is 0 Å². The first-order valence-electron chi connectivity index (χ1n) is 6.63. The van der Waals surface area contributed by atoms with E-state index >= 15 is 0 Å². The average molecular weight is 279 g/mol. The third kappa shape index (κ3) is 4.28. The van der Waals surface area contributed by atoms with E-state index in [1.54, 1.807) is 6.20 Å². The second-order valence-electron chi connectivity index (χ2n) is 5.03. The van der Waals surface area contributed by atoms with Gasteiger partial charge in [-0.15, -0.1) is 0 Å². The zero-order chi connectivity index (χ0) is 13.7. The molecule has 19 heavy (non-hydrogen) atoms. The smallest absolute Gasteiger partial charge is 0.321 e. The maximum Gasteiger partial charge on any atom is 0.321 e. The maximum absolute atomic E-state index is 11.9. The number of hydrogen-bond acceptors (Lipinski definition) is 1. The molecule has 1 aliphatic heterocycles. The van der Waals surface area contributed by atoms with E-state index in [-0.39, 0.29) is 6.03 Å². The molecule has 1 saturated heterocycles. The van der Waals surface area contributed by atoms with Crippen LogP contribution in [0.1, 0.15) is 25.3 Å². The van der Waals surface area contributed by atoms with Crippen molar-refractivity contribution in [2.75, 3.05) is 13.1 Å². The van der Waals surface area contributed by atoms with Gasteiger partial charge in [-0.1, -0.05) is 30.7 Å². The molecule has 1 unspecified atom stereocenters. The quantitative estimate of drug-likeness (QED) is 0.878. The molecule has 0 aromatic heterocycles. The Morgan fingerprint density at radius 1 is 1.53 bits per heavy atom. The van der Waals surface area contributed by atoms with Gasteiger partial charge in [-0.25, -0.2) is 4.79 Å². The molecular weight excluding hydrogens is 260 g/mol. The SMILES string of the molecule is CC1CCCN(C(=O)N/C=C/c2cccc(Cl)c2)C1. The number of rotatable bonds is 2. The van der Waals surface area contributed by atoms with Crippen molar-refractivity contribution >= 4 is 23.7 Å². The van der Waals surface area contributed by atoms with Gasteiger partial charge in [0.2, 0.25) is 0 Å². The Balaban J connectivity index is 1.86. The highest BCUT2D eigenvalue weighted by Gasteiger charge is 2.19.